The normalized spacial score (nSPS) is 25.2. The van der Waals surface area contributed by atoms with Crippen molar-refractivity contribution in [3.63, 3.8) is 0 Å². The van der Waals surface area contributed by atoms with Crippen LogP contribution in [0, 0.1) is 18.8 Å². The highest BCUT2D eigenvalue weighted by Gasteiger charge is 2.54. The molecule has 1 aromatic carbocycles. The minimum Gasteiger partial charge on any atom is -0.304 e. The number of aromatic nitrogens is 4. The van der Waals surface area contributed by atoms with Gasteiger partial charge in [-0.2, -0.15) is 5.10 Å². The Kier molecular flexibility index (Phi) is 4.10. The highest BCUT2D eigenvalue weighted by Crippen LogP contribution is 2.47. The number of benzene rings is 1. The smallest absolute Gasteiger partial charge is 0.180 e. The average molecular weight is 389 g/mol. The molecule has 1 N–H and O–H groups in total. The molecule has 5 rings (SSSR count). The van der Waals surface area contributed by atoms with E-state index in [4.69, 9.17) is 0 Å². The van der Waals surface area contributed by atoms with E-state index in [1.165, 1.54) is 6.92 Å². The molecule has 3 aromatic rings. The number of piperidine rings is 1. The molecule has 2 aromatic heterocycles. The Morgan fingerprint density at radius 2 is 1.97 bits per heavy atom. The molecule has 0 bridgehead atoms. The van der Waals surface area contributed by atoms with Crippen molar-refractivity contribution in [1.82, 2.24) is 25.1 Å². The van der Waals surface area contributed by atoms with Gasteiger partial charge in [-0.25, -0.2) is 9.97 Å². The third-order valence-corrected chi connectivity index (χ3v) is 6.36. The predicted octanol–water partition coefficient (Wildman–Crippen LogP) is 2.57. The molecule has 1 aliphatic heterocycles. The summed E-state index contributed by atoms with van der Waals surface area (Å²) in [5, 5.41) is 8.67. The lowest BCUT2D eigenvalue weighted by molar-refractivity contribution is -0.121. The summed E-state index contributed by atoms with van der Waals surface area (Å²) in [6.07, 6.45) is 4.44. The van der Waals surface area contributed by atoms with Crippen molar-refractivity contribution in [3.05, 3.63) is 42.1 Å². The summed E-state index contributed by atoms with van der Waals surface area (Å²) in [5.41, 5.74) is 2.96. The third-order valence-electron chi connectivity index (χ3n) is 6.36. The zero-order valence-electron chi connectivity index (χ0n) is 16.7. The first-order valence-electron chi connectivity index (χ1n) is 10.0. The van der Waals surface area contributed by atoms with Crippen LogP contribution in [-0.2, 0) is 11.3 Å². The first-order valence-corrected chi connectivity index (χ1v) is 10.0. The van der Waals surface area contributed by atoms with Crippen molar-refractivity contribution < 1.29 is 9.59 Å². The number of carbonyl (C=O) groups is 2. The molecule has 4 atom stereocenters. The number of nitrogens with zero attached hydrogens (tertiary/aromatic N) is 4. The molecule has 0 amide bonds. The number of aryl methyl sites for hydroxylation is 1. The van der Waals surface area contributed by atoms with Crippen LogP contribution in [0.5, 0.6) is 0 Å². The number of ketones is 2. The van der Waals surface area contributed by atoms with E-state index in [0.29, 0.717) is 29.4 Å². The molecule has 148 valence electrons. The van der Waals surface area contributed by atoms with Crippen LogP contribution in [0.3, 0.4) is 0 Å². The number of hydrogen-bond acceptors (Lipinski definition) is 6. The maximum Gasteiger partial charge on any atom is 0.180 e. The van der Waals surface area contributed by atoms with Gasteiger partial charge in [0, 0.05) is 36.3 Å². The van der Waals surface area contributed by atoms with Crippen LogP contribution < -0.4 is 5.32 Å². The number of Topliss-reactive ketones (excluding diaryl/α,β-unsaturated/α-hetero) is 2. The van der Waals surface area contributed by atoms with Crippen LogP contribution in [0.15, 0.2) is 30.6 Å². The topological polar surface area (TPSA) is 89.8 Å². The van der Waals surface area contributed by atoms with E-state index in [-0.39, 0.29) is 24.2 Å². The predicted molar refractivity (Wildman–Crippen MR) is 108 cm³/mol. The third kappa shape index (κ3) is 3.06. The van der Waals surface area contributed by atoms with Gasteiger partial charge in [0.05, 0.1) is 11.6 Å². The second-order valence-electron chi connectivity index (χ2n) is 8.28. The van der Waals surface area contributed by atoms with Crippen molar-refractivity contribution in [1.29, 1.82) is 0 Å². The molecule has 1 aliphatic carbocycles. The maximum absolute atomic E-state index is 12.8. The van der Waals surface area contributed by atoms with E-state index in [2.05, 4.69) is 27.3 Å². The Balaban J connectivity index is 1.47. The minimum absolute atomic E-state index is 0.106. The van der Waals surface area contributed by atoms with Crippen LogP contribution in [-0.4, -0.2) is 43.4 Å². The summed E-state index contributed by atoms with van der Waals surface area (Å²) in [5.74, 6) is 2.02. The van der Waals surface area contributed by atoms with Crippen LogP contribution in [0.25, 0.3) is 22.0 Å². The molecular weight excluding hydrogens is 366 g/mol. The highest BCUT2D eigenvalue weighted by atomic mass is 16.1. The monoisotopic (exact) mass is 389 g/mol. The van der Waals surface area contributed by atoms with E-state index in [1.54, 1.807) is 17.1 Å². The molecular formula is C22H23N5O2. The fraction of sp³-hybridized carbons (Fsp3) is 0.409. The molecule has 7 nitrogen and oxygen atoms in total. The van der Waals surface area contributed by atoms with Crippen molar-refractivity contribution in [2.45, 2.75) is 45.8 Å². The molecule has 29 heavy (non-hydrogen) atoms. The Morgan fingerprint density at radius 1 is 1.21 bits per heavy atom. The van der Waals surface area contributed by atoms with Gasteiger partial charge in [-0.3, -0.25) is 14.3 Å². The summed E-state index contributed by atoms with van der Waals surface area (Å²) < 4.78 is 1.67. The zero-order chi connectivity index (χ0) is 20.3. The SMILES string of the molecule is CC(=O)c1nn(CC(=O)[C@@H]2C[C@@H]3C(N2)[C@@H]3C)c2ccc(-c3cnc(C)nc3)cc12. The first-order chi connectivity index (χ1) is 13.9. The minimum atomic E-state index is -0.118. The molecule has 1 saturated heterocycles. The molecule has 1 saturated carbocycles. The summed E-state index contributed by atoms with van der Waals surface area (Å²) in [6.45, 7) is 5.73. The number of hydrogen-bond donors (Lipinski definition) is 1. The summed E-state index contributed by atoms with van der Waals surface area (Å²) >= 11 is 0. The average Bonchev–Trinajstić information content (AvgIpc) is 3.06. The Labute approximate surface area is 168 Å². The van der Waals surface area contributed by atoms with Gasteiger partial charge in [0.25, 0.3) is 0 Å². The van der Waals surface area contributed by atoms with E-state index >= 15 is 0 Å². The van der Waals surface area contributed by atoms with Crippen LogP contribution >= 0.6 is 0 Å². The van der Waals surface area contributed by atoms with Crippen molar-refractivity contribution in [2.75, 3.05) is 0 Å². The zero-order valence-corrected chi connectivity index (χ0v) is 16.7. The highest BCUT2D eigenvalue weighted by molar-refractivity contribution is 6.06. The van der Waals surface area contributed by atoms with Gasteiger partial charge >= 0.3 is 0 Å². The van der Waals surface area contributed by atoms with Gasteiger partial charge < -0.3 is 5.32 Å². The molecule has 0 radical (unpaired) electrons. The van der Waals surface area contributed by atoms with E-state index in [9.17, 15) is 9.59 Å². The lowest BCUT2D eigenvalue weighted by atomic mass is 10.0. The summed E-state index contributed by atoms with van der Waals surface area (Å²) in [6, 6.07) is 6.18. The van der Waals surface area contributed by atoms with Gasteiger partial charge in [-0.15, -0.1) is 0 Å². The summed E-state index contributed by atoms with van der Waals surface area (Å²) in [4.78, 5) is 33.5. The standard InChI is InChI=1S/C22H23N5O2/c1-11-16-7-18(25-21(11)16)20(29)10-27-19-5-4-14(15-8-23-13(3)24-9-15)6-17(19)22(26-27)12(2)28/h4-6,8-9,11,16,18,21,25H,7,10H2,1-3H3/t11-,16+,18+,21?/m1/s1. The molecule has 1 unspecified atom stereocenters. The fourth-order valence-corrected chi connectivity index (χ4v) is 4.52. The van der Waals surface area contributed by atoms with Gasteiger partial charge in [0.1, 0.15) is 18.1 Å². The van der Waals surface area contributed by atoms with Crippen molar-refractivity contribution in [3.8, 4) is 11.1 Å². The maximum atomic E-state index is 12.8. The van der Waals surface area contributed by atoms with Crippen LogP contribution in [0.1, 0.15) is 36.6 Å². The molecule has 2 aliphatic rings. The Bertz CT molecular complexity index is 1120. The Hall–Kier alpha value is -2.93. The van der Waals surface area contributed by atoms with Crippen molar-refractivity contribution >= 4 is 22.5 Å². The lowest BCUT2D eigenvalue weighted by Crippen LogP contribution is -2.37. The van der Waals surface area contributed by atoms with Gasteiger partial charge in [-0.05, 0) is 42.9 Å². The van der Waals surface area contributed by atoms with Gasteiger partial charge in [-0.1, -0.05) is 13.0 Å². The van der Waals surface area contributed by atoms with E-state index in [0.717, 1.165) is 28.5 Å². The molecule has 2 fully saturated rings. The van der Waals surface area contributed by atoms with E-state index < -0.39 is 0 Å². The second kappa shape index (κ2) is 6.56. The number of nitrogens with one attached hydrogen (secondary N) is 1. The quantitative estimate of drug-likeness (QED) is 0.675. The summed E-state index contributed by atoms with van der Waals surface area (Å²) in [7, 11) is 0. The largest absolute Gasteiger partial charge is 0.304 e. The number of fused-ring (bicyclic) bond motifs is 2. The number of rotatable bonds is 5. The second-order valence-corrected chi connectivity index (χ2v) is 8.28. The van der Waals surface area contributed by atoms with Gasteiger partial charge in [0.15, 0.2) is 11.6 Å². The first kappa shape index (κ1) is 18.1. The lowest BCUT2D eigenvalue weighted by Gasteiger charge is -2.13. The van der Waals surface area contributed by atoms with E-state index in [1.807, 2.05) is 25.1 Å². The molecule has 0 spiro atoms. The Morgan fingerprint density at radius 3 is 2.62 bits per heavy atom. The molecule has 7 heteroatoms. The van der Waals surface area contributed by atoms with Gasteiger partial charge in [0.2, 0.25) is 0 Å². The number of carbonyl (C=O) groups excluding carboxylic acids is 2. The fourth-order valence-electron chi connectivity index (χ4n) is 4.52. The van der Waals surface area contributed by atoms with Crippen LogP contribution in [0.2, 0.25) is 0 Å². The molecule has 3 heterocycles. The van der Waals surface area contributed by atoms with Crippen LogP contribution in [0.4, 0.5) is 0 Å². The van der Waals surface area contributed by atoms with Crippen molar-refractivity contribution in [2.24, 2.45) is 11.8 Å².